The van der Waals surface area contributed by atoms with Crippen LogP contribution in [0, 0.1) is 5.92 Å². The van der Waals surface area contributed by atoms with Gasteiger partial charge in [0.2, 0.25) is 0 Å². The molecule has 0 heterocycles. The Hall–Kier alpha value is -2.04. The molecule has 1 unspecified atom stereocenters. The van der Waals surface area contributed by atoms with Crippen molar-refractivity contribution < 1.29 is 14.7 Å². The van der Waals surface area contributed by atoms with Crippen molar-refractivity contribution in [2.45, 2.75) is 26.7 Å². The lowest BCUT2D eigenvalue weighted by Crippen LogP contribution is -2.43. The molecule has 1 aromatic rings. The van der Waals surface area contributed by atoms with Gasteiger partial charge in [-0.3, -0.25) is 9.69 Å². The van der Waals surface area contributed by atoms with Crippen molar-refractivity contribution in [2.24, 2.45) is 5.92 Å². The Kier molecular flexibility index (Phi) is 6.56. The van der Waals surface area contributed by atoms with Crippen LogP contribution in [0.1, 0.15) is 26.7 Å². The van der Waals surface area contributed by atoms with E-state index in [9.17, 15) is 9.59 Å². The average Bonchev–Trinajstić information content (AvgIpc) is 2.46. The summed E-state index contributed by atoms with van der Waals surface area (Å²) in [5.74, 6) is -1.51. The molecule has 0 aliphatic carbocycles. The first kappa shape index (κ1) is 16.0. The number of benzene rings is 1. The number of carbonyl (C=O) groups is 2. The molecule has 0 fully saturated rings. The van der Waals surface area contributed by atoms with E-state index in [4.69, 9.17) is 5.11 Å². The Bertz CT molecular complexity index is 434. The first-order valence-electron chi connectivity index (χ1n) is 6.89. The fourth-order valence-corrected chi connectivity index (χ4v) is 1.70. The first-order valence-corrected chi connectivity index (χ1v) is 6.89. The average molecular weight is 278 g/mol. The number of nitrogens with one attached hydrogen (secondary N) is 1. The number of unbranched alkanes of at least 4 members (excludes halogenated alkanes) is 1. The number of rotatable bonds is 7. The second-order valence-corrected chi connectivity index (χ2v) is 4.77. The highest BCUT2D eigenvalue weighted by Crippen LogP contribution is 2.14. The minimum atomic E-state index is -0.912. The number of hydrogen-bond donors (Lipinski definition) is 2. The Balaban J connectivity index is 2.68. The van der Waals surface area contributed by atoms with Gasteiger partial charge in [0.15, 0.2) is 0 Å². The molecule has 2 N–H and O–H groups in total. The van der Waals surface area contributed by atoms with Gasteiger partial charge in [0.05, 0.1) is 5.92 Å². The normalized spacial score (nSPS) is 11.7. The molecule has 0 bridgehead atoms. The summed E-state index contributed by atoms with van der Waals surface area (Å²) in [6.45, 7) is 4.38. The lowest BCUT2D eigenvalue weighted by Gasteiger charge is -2.23. The van der Waals surface area contributed by atoms with Crippen LogP contribution < -0.4 is 10.2 Å². The maximum absolute atomic E-state index is 12.2. The Labute approximate surface area is 119 Å². The van der Waals surface area contributed by atoms with Crippen molar-refractivity contribution in [3.63, 3.8) is 0 Å². The topological polar surface area (TPSA) is 69.6 Å². The number of para-hydroxylation sites is 1. The van der Waals surface area contributed by atoms with E-state index >= 15 is 0 Å². The molecular formula is C15H22N2O3. The van der Waals surface area contributed by atoms with Gasteiger partial charge in [0.1, 0.15) is 0 Å². The predicted molar refractivity (Wildman–Crippen MR) is 78.9 cm³/mol. The molecule has 2 amide bonds. The van der Waals surface area contributed by atoms with Gasteiger partial charge >= 0.3 is 12.0 Å². The summed E-state index contributed by atoms with van der Waals surface area (Å²) >= 11 is 0. The Morgan fingerprint density at radius 2 is 1.95 bits per heavy atom. The van der Waals surface area contributed by atoms with Crippen molar-refractivity contribution in [3.8, 4) is 0 Å². The Morgan fingerprint density at radius 3 is 2.50 bits per heavy atom. The minimum Gasteiger partial charge on any atom is -0.481 e. The fourth-order valence-electron chi connectivity index (χ4n) is 1.70. The molecule has 0 radical (unpaired) electrons. The zero-order valence-electron chi connectivity index (χ0n) is 12.0. The van der Waals surface area contributed by atoms with Gasteiger partial charge in [-0.1, -0.05) is 38.5 Å². The number of amides is 2. The highest BCUT2D eigenvalue weighted by atomic mass is 16.4. The van der Waals surface area contributed by atoms with Gasteiger partial charge in [-0.2, -0.15) is 0 Å². The molecule has 1 rings (SSSR count). The SMILES string of the molecule is CCCCN(C(=O)NCC(C)C(=O)O)c1ccccc1. The van der Waals surface area contributed by atoms with Crippen LogP contribution in [-0.4, -0.2) is 30.2 Å². The highest BCUT2D eigenvalue weighted by Gasteiger charge is 2.17. The molecule has 0 saturated heterocycles. The van der Waals surface area contributed by atoms with Crippen LogP contribution in [0.3, 0.4) is 0 Å². The quantitative estimate of drug-likeness (QED) is 0.805. The van der Waals surface area contributed by atoms with Crippen LogP contribution in [0.4, 0.5) is 10.5 Å². The van der Waals surface area contributed by atoms with E-state index in [1.54, 1.807) is 11.8 Å². The number of urea groups is 1. The largest absolute Gasteiger partial charge is 0.481 e. The van der Waals surface area contributed by atoms with Gasteiger partial charge in [-0.25, -0.2) is 4.79 Å². The van der Waals surface area contributed by atoms with Gasteiger partial charge < -0.3 is 10.4 Å². The van der Waals surface area contributed by atoms with E-state index in [1.165, 1.54) is 0 Å². The molecule has 110 valence electrons. The predicted octanol–water partition coefficient (Wildman–Crippen LogP) is 2.72. The molecule has 0 aromatic heterocycles. The van der Waals surface area contributed by atoms with Crippen LogP contribution >= 0.6 is 0 Å². The first-order chi connectivity index (χ1) is 9.56. The lowest BCUT2D eigenvalue weighted by molar-refractivity contribution is -0.140. The van der Waals surface area contributed by atoms with Crippen molar-refractivity contribution in [1.82, 2.24) is 5.32 Å². The smallest absolute Gasteiger partial charge is 0.321 e. The van der Waals surface area contributed by atoms with E-state index in [1.807, 2.05) is 30.3 Å². The van der Waals surface area contributed by atoms with E-state index in [2.05, 4.69) is 12.2 Å². The fraction of sp³-hybridized carbons (Fsp3) is 0.467. The monoisotopic (exact) mass is 278 g/mol. The molecule has 0 saturated carbocycles. The molecule has 20 heavy (non-hydrogen) atoms. The third kappa shape index (κ3) is 4.91. The zero-order chi connectivity index (χ0) is 15.0. The van der Waals surface area contributed by atoms with Crippen molar-refractivity contribution in [2.75, 3.05) is 18.0 Å². The standard InChI is InChI=1S/C15H22N2O3/c1-3-4-10-17(13-8-6-5-7-9-13)15(20)16-11-12(2)14(18)19/h5-9,12H,3-4,10-11H2,1-2H3,(H,16,20)(H,18,19). The van der Waals surface area contributed by atoms with Crippen molar-refractivity contribution in [1.29, 1.82) is 0 Å². The zero-order valence-corrected chi connectivity index (χ0v) is 12.0. The maximum Gasteiger partial charge on any atom is 0.321 e. The number of hydrogen-bond acceptors (Lipinski definition) is 2. The van der Waals surface area contributed by atoms with E-state index < -0.39 is 11.9 Å². The van der Waals surface area contributed by atoms with E-state index in [0.717, 1.165) is 18.5 Å². The molecule has 0 aliphatic rings. The molecule has 5 nitrogen and oxygen atoms in total. The minimum absolute atomic E-state index is 0.129. The third-order valence-electron chi connectivity index (χ3n) is 3.03. The highest BCUT2D eigenvalue weighted by molar-refractivity contribution is 5.92. The summed E-state index contributed by atoms with van der Waals surface area (Å²) in [5.41, 5.74) is 0.821. The number of anilines is 1. The van der Waals surface area contributed by atoms with Crippen LogP contribution in [0.5, 0.6) is 0 Å². The second-order valence-electron chi connectivity index (χ2n) is 4.77. The van der Waals surface area contributed by atoms with Crippen LogP contribution in [-0.2, 0) is 4.79 Å². The van der Waals surface area contributed by atoms with Crippen LogP contribution in [0.15, 0.2) is 30.3 Å². The third-order valence-corrected chi connectivity index (χ3v) is 3.03. The Morgan fingerprint density at radius 1 is 1.30 bits per heavy atom. The van der Waals surface area contributed by atoms with Gasteiger partial charge in [0, 0.05) is 18.8 Å². The van der Waals surface area contributed by atoms with Gasteiger partial charge in [-0.05, 0) is 18.6 Å². The molecule has 1 aromatic carbocycles. The summed E-state index contributed by atoms with van der Waals surface area (Å²) in [5, 5.41) is 11.5. The number of carboxylic acids is 1. The lowest BCUT2D eigenvalue weighted by atomic mass is 10.2. The summed E-state index contributed by atoms with van der Waals surface area (Å²) < 4.78 is 0. The summed E-state index contributed by atoms with van der Waals surface area (Å²) in [4.78, 5) is 24.6. The number of nitrogens with zero attached hydrogens (tertiary/aromatic N) is 1. The molecular weight excluding hydrogens is 256 g/mol. The number of carboxylic acid groups (broad SMARTS) is 1. The van der Waals surface area contributed by atoms with Crippen LogP contribution in [0.2, 0.25) is 0 Å². The van der Waals surface area contributed by atoms with E-state index in [-0.39, 0.29) is 12.6 Å². The summed E-state index contributed by atoms with van der Waals surface area (Å²) in [6.07, 6.45) is 1.89. The molecule has 5 heteroatoms. The van der Waals surface area contributed by atoms with Gasteiger partial charge in [-0.15, -0.1) is 0 Å². The molecule has 1 atom stereocenters. The van der Waals surface area contributed by atoms with Crippen molar-refractivity contribution in [3.05, 3.63) is 30.3 Å². The maximum atomic E-state index is 12.2. The number of aliphatic carboxylic acids is 1. The van der Waals surface area contributed by atoms with E-state index in [0.29, 0.717) is 6.54 Å². The molecule has 0 spiro atoms. The summed E-state index contributed by atoms with van der Waals surface area (Å²) in [7, 11) is 0. The van der Waals surface area contributed by atoms with Gasteiger partial charge in [0.25, 0.3) is 0 Å². The second kappa shape index (κ2) is 8.19. The van der Waals surface area contributed by atoms with Crippen LogP contribution in [0.25, 0.3) is 0 Å². The number of carbonyl (C=O) groups excluding carboxylic acids is 1. The molecule has 0 aliphatic heterocycles. The summed E-state index contributed by atoms with van der Waals surface area (Å²) in [6, 6.07) is 9.14. The van der Waals surface area contributed by atoms with Crippen molar-refractivity contribution >= 4 is 17.7 Å².